The van der Waals surface area contributed by atoms with Crippen molar-refractivity contribution in [3.63, 3.8) is 0 Å². The zero-order chi connectivity index (χ0) is 17.2. The molecular weight excluding hydrogens is 333 g/mol. The first-order valence-electron chi connectivity index (χ1n) is 7.99. The van der Waals surface area contributed by atoms with Crippen molar-refractivity contribution in [2.24, 2.45) is 9.98 Å². The maximum atomic E-state index is 13.4. The number of halogens is 1. The number of nitrogens with one attached hydrogen (secondary N) is 1. The Kier molecular flexibility index (Phi) is 4.15. The molecule has 0 aliphatic carbocycles. The molecule has 1 aromatic heterocycles. The van der Waals surface area contributed by atoms with Gasteiger partial charge in [0, 0.05) is 23.1 Å². The van der Waals surface area contributed by atoms with Crippen molar-refractivity contribution in [2.45, 2.75) is 6.04 Å². The molecule has 1 aliphatic heterocycles. The van der Waals surface area contributed by atoms with E-state index in [-0.39, 0.29) is 11.9 Å². The Morgan fingerprint density at radius 2 is 1.80 bits per heavy atom. The zero-order valence-electron chi connectivity index (χ0n) is 13.6. The molecule has 0 fully saturated rings. The van der Waals surface area contributed by atoms with Gasteiger partial charge in [0.15, 0.2) is 0 Å². The molecule has 1 unspecified atom stereocenters. The molecule has 4 rings (SSSR count). The Bertz CT molecular complexity index is 943. The SMILES string of the molecule is CNC1=Nc2ccccc2C(c2ccc(F)cc2)=NC1c1cccs1. The van der Waals surface area contributed by atoms with Gasteiger partial charge in [-0.25, -0.2) is 9.38 Å². The van der Waals surface area contributed by atoms with Gasteiger partial charge in [0.2, 0.25) is 0 Å². The van der Waals surface area contributed by atoms with E-state index in [9.17, 15) is 4.39 Å². The fourth-order valence-corrected chi connectivity index (χ4v) is 3.66. The summed E-state index contributed by atoms with van der Waals surface area (Å²) in [5, 5.41) is 5.23. The van der Waals surface area contributed by atoms with Gasteiger partial charge in [-0.05, 0) is 41.8 Å². The highest BCUT2D eigenvalue weighted by atomic mass is 32.1. The van der Waals surface area contributed by atoms with Gasteiger partial charge in [-0.2, -0.15) is 0 Å². The molecule has 1 N–H and O–H groups in total. The Balaban J connectivity index is 1.95. The lowest BCUT2D eigenvalue weighted by Gasteiger charge is -2.13. The number of nitrogens with zero attached hydrogens (tertiary/aromatic N) is 2. The Morgan fingerprint density at radius 1 is 1.00 bits per heavy atom. The van der Waals surface area contributed by atoms with Gasteiger partial charge in [-0.1, -0.05) is 24.3 Å². The molecule has 124 valence electrons. The first kappa shape index (κ1) is 15.7. The average Bonchev–Trinajstić information content (AvgIpc) is 3.11. The minimum absolute atomic E-state index is 0.211. The summed E-state index contributed by atoms with van der Waals surface area (Å²) in [5.41, 5.74) is 3.50. The molecular formula is C20H16FN3S. The predicted molar refractivity (Wildman–Crippen MR) is 102 cm³/mol. The maximum absolute atomic E-state index is 13.4. The average molecular weight is 349 g/mol. The quantitative estimate of drug-likeness (QED) is 0.713. The number of fused-ring (bicyclic) bond motifs is 1. The van der Waals surface area contributed by atoms with Gasteiger partial charge in [-0.3, -0.25) is 4.99 Å². The van der Waals surface area contributed by atoms with Crippen molar-refractivity contribution < 1.29 is 4.39 Å². The van der Waals surface area contributed by atoms with Gasteiger partial charge in [0.1, 0.15) is 17.7 Å². The number of rotatable bonds is 2. The van der Waals surface area contributed by atoms with Crippen LogP contribution in [0.5, 0.6) is 0 Å². The number of aliphatic imine (C=N–C) groups is 2. The molecule has 0 amide bonds. The van der Waals surface area contributed by atoms with E-state index in [0.717, 1.165) is 33.2 Å². The van der Waals surface area contributed by atoms with Gasteiger partial charge < -0.3 is 5.32 Å². The molecule has 0 saturated carbocycles. The summed E-state index contributed by atoms with van der Waals surface area (Å²) in [6.45, 7) is 0. The van der Waals surface area contributed by atoms with Gasteiger partial charge >= 0.3 is 0 Å². The van der Waals surface area contributed by atoms with E-state index in [1.165, 1.54) is 12.1 Å². The topological polar surface area (TPSA) is 36.8 Å². The van der Waals surface area contributed by atoms with Gasteiger partial charge in [0.25, 0.3) is 0 Å². The van der Waals surface area contributed by atoms with Crippen molar-refractivity contribution in [3.05, 3.63) is 87.9 Å². The van der Waals surface area contributed by atoms with Crippen LogP contribution in [0.3, 0.4) is 0 Å². The van der Waals surface area contributed by atoms with E-state index in [4.69, 9.17) is 9.98 Å². The second-order valence-electron chi connectivity index (χ2n) is 5.67. The van der Waals surface area contributed by atoms with Crippen LogP contribution in [-0.2, 0) is 0 Å². The molecule has 3 nitrogen and oxygen atoms in total. The van der Waals surface area contributed by atoms with Gasteiger partial charge in [-0.15, -0.1) is 11.3 Å². The monoisotopic (exact) mass is 349 g/mol. The standard InChI is InChI=1S/C20H16FN3S/c1-22-20-19(17-7-4-12-25-17)24-18(13-8-10-14(21)11-9-13)15-5-2-3-6-16(15)23-20/h2-12,19H,1H3,(H,22,23). The highest BCUT2D eigenvalue weighted by Crippen LogP contribution is 2.33. The normalized spacial score (nSPS) is 16.5. The fraction of sp³-hybridized carbons (Fsp3) is 0.100. The first-order chi connectivity index (χ1) is 12.3. The van der Waals surface area contributed by atoms with Crippen LogP contribution in [0.2, 0.25) is 0 Å². The molecule has 0 spiro atoms. The van der Waals surface area contributed by atoms with Crippen LogP contribution in [0.25, 0.3) is 0 Å². The van der Waals surface area contributed by atoms with Crippen molar-refractivity contribution in [1.29, 1.82) is 0 Å². The summed E-state index contributed by atoms with van der Waals surface area (Å²) in [4.78, 5) is 10.9. The van der Waals surface area contributed by atoms with Crippen LogP contribution in [0, 0.1) is 5.82 Å². The molecule has 0 saturated heterocycles. The number of hydrogen-bond donors (Lipinski definition) is 1. The van der Waals surface area contributed by atoms with Crippen molar-refractivity contribution in [2.75, 3.05) is 7.05 Å². The van der Waals surface area contributed by atoms with E-state index >= 15 is 0 Å². The number of likely N-dealkylation sites (N-methyl/N-ethyl adjacent to an activating group) is 1. The van der Waals surface area contributed by atoms with Crippen LogP contribution in [0.15, 0.2) is 76.0 Å². The van der Waals surface area contributed by atoms with E-state index in [0.29, 0.717) is 0 Å². The molecule has 5 heteroatoms. The summed E-state index contributed by atoms with van der Waals surface area (Å²) in [5.74, 6) is 0.542. The molecule has 1 atom stereocenters. The predicted octanol–water partition coefficient (Wildman–Crippen LogP) is 4.73. The Labute approximate surface area is 149 Å². The molecule has 25 heavy (non-hydrogen) atoms. The summed E-state index contributed by atoms with van der Waals surface area (Å²) in [6, 6.07) is 18.2. The zero-order valence-corrected chi connectivity index (χ0v) is 14.4. The van der Waals surface area contributed by atoms with Crippen LogP contribution in [0.1, 0.15) is 22.0 Å². The maximum Gasteiger partial charge on any atom is 0.142 e. The molecule has 0 bridgehead atoms. The largest absolute Gasteiger partial charge is 0.374 e. The Hall–Kier alpha value is -2.79. The molecule has 2 heterocycles. The van der Waals surface area contributed by atoms with Crippen LogP contribution in [0.4, 0.5) is 10.1 Å². The number of benzene rings is 2. The van der Waals surface area contributed by atoms with Gasteiger partial charge in [0.05, 0.1) is 11.4 Å². The van der Waals surface area contributed by atoms with E-state index < -0.39 is 0 Å². The number of amidine groups is 1. The summed E-state index contributed by atoms with van der Waals surface area (Å²) in [6.07, 6.45) is 0. The first-order valence-corrected chi connectivity index (χ1v) is 8.87. The van der Waals surface area contributed by atoms with Crippen LogP contribution < -0.4 is 5.32 Å². The van der Waals surface area contributed by atoms with E-state index in [2.05, 4.69) is 11.4 Å². The lowest BCUT2D eigenvalue weighted by atomic mass is 10.0. The summed E-state index contributed by atoms with van der Waals surface area (Å²) < 4.78 is 13.4. The Morgan fingerprint density at radius 3 is 2.52 bits per heavy atom. The fourth-order valence-electron chi connectivity index (χ4n) is 2.90. The summed E-state index contributed by atoms with van der Waals surface area (Å²) >= 11 is 1.65. The minimum atomic E-state index is -0.256. The molecule has 3 aromatic rings. The van der Waals surface area contributed by atoms with Crippen molar-refractivity contribution >= 4 is 28.6 Å². The minimum Gasteiger partial charge on any atom is -0.374 e. The number of para-hydroxylation sites is 1. The second-order valence-corrected chi connectivity index (χ2v) is 6.65. The second kappa shape index (κ2) is 6.61. The smallest absolute Gasteiger partial charge is 0.142 e. The summed E-state index contributed by atoms with van der Waals surface area (Å²) in [7, 11) is 1.86. The molecule has 1 aliphatic rings. The highest BCUT2D eigenvalue weighted by Gasteiger charge is 2.24. The lowest BCUT2D eigenvalue weighted by molar-refractivity contribution is 0.628. The van der Waals surface area contributed by atoms with Crippen LogP contribution >= 0.6 is 11.3 Å². The third-order valence-electron chi connectivity index (χ3n) is 4.10. The lowest BCUT2D eigenvalue weighted by Crippen LogP contribution is -2.24. The highest BCUT2D eigenvalue weighted by molar-refractivity contribution is 7.10. The van der Waals surface area contributed by atoms with Crippen molar-refractivity contribution in [3.8, 4) is 0 Å². The van der Waals surface area contributed by atoms with Crippen LogP contribution in [-0.4, -0.2) is 18.6 Å². The number of hydrogen-bond acceptors (Lipinski definition) is 4. The third-order valence-corrected chi connectivity index (χ3v) is 5.03. The van der Waals surface area contributed by atoms with E-state index in [1.807, 2.05) is 42.8 Å². The van der Waals surface area contributed by atoms with E-state index in [1.54, 1.807) is 23.5 Å². The molecule has 0 radical (unpaired) electrons. The number of thiophene rings is 1. The van der Waals surface area contributed by atoms with Crippen molar-refractivity contribution in [1.82, 2.24) is 5.32 Å². The molecule has 2 aromatic carbocycles. The third kappa shape index (κ3) is 2.98.